The van der Waals surface area contributed by atoms with Gasteiger partial charge < -0.3 is 14.6 Å². The smallest absolute Gasteiger partial charge is 0.0719 e. The number of methoxy groups -OCH3 is 1. The average Bonchev–Trinajstić information content (AvgIpc) is 2.37. The molecule has 4 nitrogen and oxygen atoms in total. The van der Waals surface area contributed by atoms with E-state index >= 15 is 0 Å². The normalized spacial score (nSPS) is 21.0. The summed E-state index contributed by atoms with van der Waals surface area (Å²) in [4.78, 5) is 2.32. The van der Waals surface area contributed by atoms with Gasteiger partial charge in [0.25, 0.3) is 0 Å². The maximum absolute atomic E-state index is 10.5. The molecule has 18 heavy (non-hydrogen) atoms. The fourth-order valence-corrected chi connectivity index (χ4v) is 2.29. The van der Waals surface area contributed by atoms with Crippen LogP contribution in [0.4, 0.5) is 0 Å². The summed E-state index contributed by atoms with van der Waals surface area (Å²) in [6, 6.07) is 0. The Hall–Kier alpha value is -0.160. The van der Waals surface area contributed by atoms with Gasteiger partial charge in [-0.2, -0.15) is 0 Å². The van der Waals surface area contributed by atoms with Gasteiger partial charge in [0.05, 0.1) is 24.9 Å². The first-order valence-corrected chi connectivity index (χ1v) is 6.85. The molecule has 0 aliphatic carbocycles. The van der Waals surface area contributed by atoms with Crippen molar-refractivity contribution in [2.45, 2.75) is 57.8 Å². The van der Waals surface area contributed by atoms with Gasteiger partial charge >= 0.3 is 0 Å². The Morgan fingerprint density at radius 1 is 1.22 bits per heavy atom. The third-order valence-corrected chi connectivity index (χ3v) is 4.21. The fourth-order valence-electron chi connectivity index (χ4n) is 2.29. The molecule has 1 unspecified atom stereocenters. The van der Waals surface area contributed by atoms with Gasteiger partial charge in [0.2, 0.25) is 0 Å². The molecule has 1 heterocycles. The zero-order chi connectivity index (χ0) is 13.8. The second kappa shape index (κ2) is 6.33. The highest BCUT2D eigenvalue weighted by Gasteiger charge is 2.35. The Bertz CT molecular complexity index is 247. The maximum Gasteiger partial charge on any atom is 0.0719 e. The summed E-state index contributed by atoms with van der Waals surface area (Å²) in [5, 5.41) is 10.5. The van der Waals surface area contributed by atoms with Crippen LogP contribution in [0.1, 0.15) is 40.5 Å². The molecule has 0 aromatic carbocycles. The Kier molecular flexibility index (Phi) is 5.59. The van der Waals surface area contributed by atoms with E-state index in [1.165, 1.54) is 0 Å². The molecule has 0 saturated carbocycles. The summed E-state index contributed by atoms with van der Waals surface area (Å²) in [6.07, 6.45) is 1.27. The summed E-state index contributed by atoms with van der Waals surface area (Å²) in [5.74, 6) is 0. The van der Waals surface area contributed by atoms with E-state index in [9.17, 15) is 5.11 Å². The minimum absolute atomic E-state index is 0.165. The van der Waals surface area contributed by atoms with Gasteiger partial charge in [-0.05, 0) is 40.5 Å². The van der Waals surface area contributed by atoms with Crippen LogP contribution in [0.2, 0.25) is 0 Å². The summed E-state index contributed by atoms with van der Waals surface area (Å²) >= 11 is 0. The molecule has 0 aromatic heterocycles. The molecule has 0 aromatic rings. The lowest BCUT2D eigenvalue weighted by Crippen LogP contribution is -2.56. The third kappa shape index (κ3) is 4.19. The van der Waals surface area contributed by atoms with E-state index in [0.29, 0.717) is 0 Å². The van der Waals surface area contributed by atoms with E-state index in [4.69, 9.17) is 9.47 Å². The van der Waals surface area contributed by atoms with Crippen LogP contribution in [0.3, 0.4) is 0 Å². The van der Waals surface area contributed by atoms with Crippen LogP contribution in [0, 0.1) is 0 Å². The minimum Gasteiger partial charge on any atom is -0.391 e. The van der Waals surface area contributed by atoms with E-state index in [0.717, 1.165) is 39.1 Å². The second-order valence-corrected chi connectivity index (χ2v) is 6.27. The number of ether oxygens (including phenoxy) is 2. The zero-order valence-electron chi connectivity index (χ0n) is 12.5. The predicted octanol–water partition coefficient (Wildman–Crippen LogP) is 1.66. The SMILES string of the molecule is COC(C)(C)CCC(O)C(C)(C)N1CCOCC1. The Morgan fingerprint density at radius 2 is 1.78 bits per heavy atom. The number of aliphatic hydroxyl groups is 1. The number of aliphatic hydroxyl groups excluding tert-OH is 1. The number of morpholine rings is 1. The molecule has 1 aliphatic rings. The van der Waals surface area contributed by atoms with Crippen molar-refractivity contribution >= 4 is 0 Å². The number of hydrogen-bond acceptors (Lipinski definition) is 4. The van der Waals surface area contributed by atoms with Crippen LogP contribution >= 0.6 is 0 Å². The molecule has 0 amide bonds. The van der Waals surface area contributed by atoms with Gasteiger partial charge in [0, 0.05) is 25.7 Å². The first kappa shape index (κ1) is 15.9. The fraction of sp³-hybridized carbons (Fsp3) is 1.00. The van der Waals surface area contributed by atoms with Crippen molar-refractivity contribution in [3.8, 4) is 0 Å². The molecule has 4 heteroatoms. The number of rotatable bonds is 6. The second-order valence-electron chi connectivity index (χ2n) is 6.27. The third-order valence-electron chi connectivity index (χ3n) is 4.21. The van der Waals surface area contributed by atoms with Gasteiger partial charge in [-0.15, -0.1) is 0 Å². The van der Waals surface area contributed by atoms with Crippen LogP contribution in [0.5, 0.6) is 0 Å². The van der Waals surface area contributed by atoms with E-state index in [-0.39, 0.29) is 17.2 Å². The molecule has 1 rings (SSSR count). The molecule has 1 atom stereocenters. The Labute approximate surface area is 111 Å². The monoisotopic (exact) mass is 259 g/mol. The van der Waals surface area contributed by atoms with E-state index < -0.39 is 0 Å². The van der Waals surface area contributed by atoms with Crippen LogP contribution in [0.15, 0.2) is 0 Å². The lowest BCUT2D eigenvalue weighted by atomic mass is 9.88. The standard InChI is InChI=1S/C14H29NO3/c1-13(2,17-5)7-6-12(16)14(3,4)15-8-10-18-11-9-15/h12,16H,6-11H2,1-5H3. The van der Waals surface area contributed by atoms with Crippen LogP contribution in [-0.4, -0.2) is 60.7 Å². The van der Waals surface area contributed by atoms with E-state index in [1.54, 1.807) is 7.11 Å². The van der Waals surface area contributed by atoms with Crippen LogP contribution < -0.4 is 0 Å². The lowest BCUT2D eigenvalue weighted by Gasteiger charge is -2.44. The summed E-state index contributed by atoms with van der Waals surface area (Å²) in [7, 11) is 1.72. The Morgan fingerprint density at radius 3 is 2.28 bits per heavy atom. The van der Waals surface area contributed by atoms with Gasteiger partial charge in [-0.25, -0.2) is 0 Å². The molecular weight excluding hydrogens is 230 g/mol. The van der Waals surface area contributed by atoms with Crippen molar-refractivity contribution in [2.75, 3.05) is 33.4 Å². The highest BCUT2D eigenvalue weighted by atomic mass is 16.5. The molecule has 1 aliphatic heterocycles. The average molecular weight is 259 g/mol. The molecule has 108 valence electrons. The largest absolute Gasteiger partial charge is 0.391 e. The molecule has 1 N–H and O–H groups in total. The van der Waals surface area contributed by atoms with E-state index in [1.807, 2.05) is 0 Å². The molecule has 1 fully saturated rings. The van der Waals surface area contributed by atoms with Crippen molar-refractivity contribution in [3.05, 3.63) is 0 Å². The van der Waals surface area contributed by atoms with Gasteiger partial charge in [-0.1, -0.05) is 0 Å². The quantitative estimate of drug-likeness (QED) is 0.788. The first-order chi connectivity index (χ1) is 8.29. The van der Waals surface area contributed by atoms with Gasteiger partial charge in [-0.3, -0.25) is 4.90 Å². The molecule has 1 saturated heterocycles. The Balaban J connectivity index is 2.50. The van der Waals surface area contributed by atoms with Gasteiger partial charge in [0.1, 0.15) is 0 Å². The van der Waals surface area contributed by atoms with Crippen molar-refractivity contribution in [2.24, 2.45) is 0 Å². The highest BCUT2D eigenvalue weighted by Crippen LogP contribution is 2.26. The van der Waals surface area contributed by atoms with Gasteiger partial charge in [0.15, 0.2) is 0 Å². The zero-order valence-corrected chi connectivity index (χ0v) is 12.5. The summed E-state index contributed by atoms with van der Waals surface area (Å²) < 4.78 is 10.8. The highest BCUT2D eigenvalue weighted by molar-refractivity contribution is 4.90. The van der Waals surface area contributed by atoms with Crippen molar-refractivity contribution in [1.82, 2.24) is 4.90 Å². The molecule has 0 radical (unpaired) electrons. The minimum atomic E-state index is -0.343. The molecule has 0 bridgehead atoms. The first-order valence-electron chi connectivity index (χ1n) is 6.85. The molecule has 0 spiro atoms. The maximum atomic E-state index is 10.5. The number of nitrogens with zero attached hydrogens (tertiary/aromatic N) is 1. The summed E-state index contributed by atoms with van der Waals surface area (Å²) in [5.41, 5.74) is -0.365. The van der Waals surface area contributed by atoms with Crippen LogP contribution in [-0.2, 0) is 9.47 Å². The lowest BCUT2D eigenvalue weighted by molar-refractivity contribution is -0.0725. The molecular formula is C14H29NO3. The van der Waals surface area contributed by atoms with Crippen molar-refractivity contribution < 1.29 is 14.6 Å². The van der Waals surface area contributed by atoms with Crippen molar-refractivity contribution in [3.63, 3.8) is 0 Å². The summed E-state index contributed by atoms with van der Waals surface area (Å²) in [6.45, 7) is 11.7. The van der Waals surface area contributed by atoms with Crippen LogP contribution in [0.25, 0.3) is 0 Å². The number of hydrogen-bond donors (Lipinski definition) is 1. The predicted molar refractivity (Wildman–Crippen MR) is 72.8 cm³/mol. The topological polar surface area (TPSA) is 41.9 Å². The van der Waals surface area contributed by atoms with Crippen molar-refractivity contribution in [1.29, 1.82) is 0 Å². The van der Waals surface area contributed by atoms with E-state index in [2.05, 4.69) is 32.6 Å².